The Labute approximate surface area is 123 Å². The fourth-order valence-electron chi connectivity index (χ4n) is 2.59. The number of rotatable bonds is 6. The van der Waals surface area contributed by atoms with Crippen molar-refractivity contribution in [2.24, 2.45) is 5.92 Å². The number of likely N-dealkylation sites (tertiary alicyclic amines) is 1. The highest BCUT2D eigenvalue weighted by atomic mass is 16.4. The van der Waals surface area contributed by atoms with Crippen molar-refractivity contribution in [3.8, 4) is 0 Å². The zero-order valence-electron chi connectivity index (χ0n) is 12.0. The van der Waals surface area contributed by atoms with E-state index in [1.165, 1.54) is 0 Å². The molecule has 2 heterocycles. The van der Waals surface area contributed by atoms with E-state index in [9.17, 15) is 9.59 Å². The number of imidazole rings is 1. The molecule has 0 unspecified atom stereocenters. The Kier molecular flexibility index (Phi) is 5.59. The molecule has 1 aliphatic heterocycles. The molecule has 21 heavy (non-hydrogen) atoms. The molecular formula is C14H22N4O3. The van der Waals surface area contributed by atoms with Crippen LogP contribution in [0.25, 0.3) is 0 Å². The van der Waals surface area contributed by atoms with Crippen LogP contribution >= 0.6 is 0 Å². The van der Waals surface area contributed by atoms with Crippen molar-refractivity contribution in [2.75, 3.05) is 19.6 Å². The first-order valence-electron chi connectivity index (χ1n) is 7.37. The van der Waals surface area contributed by atoms with Gasteiger partial charge in [-0.1, -0.05) is 0 Å². The summed E-state index contributed by atoms with van der Waals surface area (Å²) < 4.78 is 0. The van der Waals surface area contributed by atoms with E-state index in [2.05, 4.69) is 15.3 Å². The maximum Gasteiger partial charge on any atom is 0.317 e. The van der Waals surface area contributed by atoms with E-state index in [4.69, 9.17) is 5.11 Å². The third-order valence-electron chi connectivity index (χ3n) is 3.89. The number of urea groups is 1. The fraction of sp³-hybridized carbons (Fsp3) is 0.643. The second kappa shape index (κ2) is 7.66. The van der Waals surface area contributed by atoms with Crippen LogP contribution in [0.1, 0.15) is 31.4 Å². The predicted octanol–water partition coefficient (Wildman–Crippen LogP) is 1.24. The summed E-state index contributed by atoms with van der Waals surface area (Å²) in [6.45, 7) is 2.00. The maximum atomic E-state index is 12.0. The molecule has 0 aliphatic carbocycles. The van der Waals surface area contributed by atoms with E-state index < -0.39 is 5.97 Å². The summed E-state index contributed by atoms with van der Waals surface area (Å²) in [5, 5.41) is 11.6. The molecule has 7 heteroatoms. The predicted molar refractivity (Wildman–Crippen MR) is 76.9 cm³/mol. The zero-order chi connectivity index (χ0) is 15.1. The lowest BCUT2D eigenvalue weighted by Crippen LogP contribution is -2.45. The quantitative estimate of drug-likeness (QED) is 0.735. The van der Waals surface area contributed by atoms with Crippen molar-refractivity contribution in [3.63, 3.8) is 0 Å². The minimum absolute atomic E-state index is 0.0359. The number of piperidine rings is 1. The standard InChI is InChI=1S/C14H22N4O3/c19-13(20)2-1-11-4-7-18(8-5-11)14(21)16-6-3-12-9-15-10-17-12/h9-11H,1-8H2,(H,15,17)(H,16,21)(H,19,20). The number of hydrogen-bond acceptors (Lipinski definition) is 3. The minimum atomic E-state index is -0.742. The number of carbonyl (C=O) groups is 2. The lowest BCUT2D eigenvalue weighted by molar-refractivity contribution is -0.137. The van der Waals surface area contributed by atoms with Crippen LogP contribution < -0.4 is 5.32 Å². The molecule has 1 aromatic rings. The van der Waals surface area contributed by atoms with Crippen molar-refractivity contribution in [3.05, 3.63) is 18.2 Å². The molecule has 2 rings (SSSR count). The highest BCUT2D eigenvalue weighted by Crippen LogP contribution is 2.21. The topological polar surface area (TPSA) is 98.3 Å². The van der Waals surface area contributed by atoms with Gasteiger partial charge in [-0.3, -0.25) is 4.79 Å². The summed E-state index contributed by atoms with van der Waals surface area (Å²) in [5.41, 5.74) is 1.00. The molecule has 1 aliphatic rings. The number of amides is 2. The van der Waals surface area contributed by atoms with Gasteiger partial charge >= 0.3 is 12.0 Å². The van der Waals surface area contributed by atoms with Gasteiger partial charge in [-0.2, -0.15) is 0 Å². The molecule has 0 radical (unpaired) electrons. The van der Waals surface area contributed by atoms with Crippen LogP contribution in [0.4, 0.5) is 4.79 Å². The van der Waals surface area contributed by atoms with Gasteiger partial charge in [0.05, 0.1) is 6.33 Å². The fourth-order valence-corrected chi connectivity index (χ4v) is 2.59. The first-order valence-corrected chi connectivity index (χ1v) is 7.37. The Morgan fingerprint density at radius 3 is 2.81 bits per heavy atom. The third-order valence-corrected chi connectivity index (χ3v) is 3.89. The Bertz CT molecular complexity index is 453. The van der Waals surface area contributed by atoms with Crippen molar-refractivity contribution in [1.29, 1.82) is 0 Å². The molecule has 3 N–H and O–H groups in total. The monoisotopic (exact) mass is 294 g/mol. The van der Waals surface area contributed by atoms with E-state index >= 15 is 0 Å². The number of nitrogens with zero attached hydrogens (tertiary/aromatic N) is 2. The van der Waals surface area contributed by atoms with Crippen LogP contribution in [-0.4, -0.2) is 51.6 Å². The van der Waals surface area contributed by atoms with Crippen molar-refractivity contribution < 1.29 is 14.7 Å². The second-order valence-corrected chi connectivity index (χ2v) is 5.42. The Balaban J connectivity index is 1.62. The number of H-pyrrole nitrogens is 1. The highest BCUT2D eigenvalue weighted by molar-refractivity contribution is 5.74. The average molecular weight is 294 g/mol. The molecule has 1 aromatic heterocycles. The van der Waals surface area contributed by atoms with Gasteiger partial charge < -0.3 is 20.3 Å². The summed E-state index contributed by atoms with van der Waals surface area (Å²) in [7, 11) is 0. The Morgan fingerprint density at radius 1 is 1.43 bits per heavy atom. The number of carboxylic acid groups (broad SMARTS) is 1. The minimum Gasteiger partial charge on any atom is -0.481 e. The summed E-state index contributed by atoms with van der Waals surface area (Å²) in [6, 6.07) is -0.0359. The van der Waals surface area contributed by atoms with Gasteiger partial charge in [0.25, 0.3) is 0 Å². The van der Waals surface area contributed by atoms with Gasteiger partial charge in [-0.05, 0) is 25.2 Å². The number of aromatic amines is 1. The third kappa shape index (κ3) is 5.09. The molecule has 0 atom stereocenters. The van der Waals surface area contributed by atoms with Crippen LogP contribution in [-0.2, 0) is 11.2 Å². The van der Waals surface area contributed by atoms with Gasteiger partial charge in [0.1, 0.15) is 0 Å². The number of carbonyl (C=O) groups excluding carboxylic acids is 1. The molecule has 7 nitrogen and oxygen atoms in total. The van der Waals surface area contributed by atoms with E-state index in [1.54, 1.807) is 12.5 Å². The molecule has 1 fully saturated rings. The van der Waals surface area contributed by atoms with Gasteiger partial charge in [-0.15, -0.1) is 0 Å². The van der Waals surface area contributed by atoms with Crippen LogP contribution in [0.3, 0.4) is 0 Å². The molecular weight excluding hydrogens is 272 g/mol. The molecule has 2 amide bonds. The SMILES string of the molecule is O=C(O)CCC1CCN(C(=O)NCCc2cnc[nH]2)CC1. The molecule has 0 bridgehead atoms. The van der Waals surface area contributed by atoms with Gasteiger partial charge in [0, 0.05) is 44.4 Å². The largest absolute Gasteiger partial charge is 0.481 e. The van der Waals surface area contributed by atoms with E-state index in [-0.39, 0.29) is 12.5 Å². The molecule has 1 saturated heterocycles. The normalized spacial score (nSPS) is 15.9. The Hall–Kier alpha value is -2.05. The summed E-state index contributed by atoms with van der Waals surface area (Å²) in [5.74, 6) is -0.316. The van der Waals surface area contributed by atoms with Crippen LogP contribution in [0.5, 0.6) is 0 Å². The highest BCUT2D eigenvalue weighted by Gasteiger charge is 2.22. The summed E-state index contributed by atoms with van der Waals surface area (Å²) in [4.78, 5) is 31.3. The van der Waals surface area contributed by atoms with Crippen LogP contribution in [0.15, 0.2) is 12.5 Å². The number of aromatic nitrogens is 2. The summed E-state index contributed by atoms with van der Waals surface area (Å²) >= 11 is 0. The lowest BCUT2D eigenvalue weighted by Gasteiger charge is -2.31. The number of aliphatic carboxylic acids is 1. The van der Waals surface area contributed by atoms with E-state index in [0.29, 0.717) is 32.0 Å². The number of carboxylic acids is 1. The smallest absolute Gasteiger partial charge is 0.317 e. The first kappa shape index (κ1) is 15.3. The second-order valence-electron chi connectivity index (χ2n) is 5.42. The van der Waals surface area contributed by atoms with Crippen LogP contribution in [0, 0.1) is 5.92 Å². The summed E-state index contributed by atoms with van der Waals surface area (Å²) in [6.07, 6.45) is 6.83. The molecule has 0 spiro atoms. The van der Waals surface area contributed by atoms with E-state index in [0.717, 1.165) is 25.0 Å². The van der Waals surface area contributed by atoms with Crippen molar-refractivity contribution >= 4 is 12.0 Å². The lowest BCUT2D eigenvalue weighted by atomic mass is 9.92. The number of hydrogen-bond donors (Lipinski definition) is 3. The van der Waals surface area contributed by atoms with Gasteiger partial charge in [-0.25, -0.2) is 9.78 Å². The van der Waals surface area contributed by atoms with Crippen molar-refractivity contribution in [2.45, 2.75) is 32.1 Å². The number of nitrogens with one attached hydrogen (secondary N) is 2. The molecule has 0 aromatic carbocycles. The van der Waals surface area contributed by atoms with Crippen molar-refractivity contribution in [1.82, 2.24) is 20.2 Å². The maximum absolute atomic E-state index is 12.0. The first-order chi connectivity index (χ1) is 10.1. The molecule has 116 valence electrons. The molecule has 0 saturated carbocycles. The zero-order valence-corrected chi connectivity index (χ0v) is 12.0. The van der Waals surface area contributed by atoms with Gasteiger partial charge in [0.15, 0.2) is 0 Å². The average Bonchev–Trinajstić information content (AvgIpc) is 2.99. The van der Waals surface area contributed by atoms with Gasteiger partial charge in [0.2, 0.25) is 0 Å². The van der Waals surface area contributed by atoms with E-state index in [1.807, 2.05) is 4.90 Å². The Morgan fingerprint density at radius 2 is 2.19 bits per heavy atom. The van der Waals surface area contributed by atoms with Crippen LogP contribution in [0.2, 0.25) is 0 Å².